The van der Waals surface area contributed by atoms with Gasteiger partial charge in [-0.3, -0.25) is 5.43 Å². The summed E-state index contributed by atoms with van der Waals surface area (Å²) in [4.78, 5) is 8.06. The molecule has 0 aliphatic heterocycles. The van der Waals surface area contributed by atoms with Crippen LogP contribution in [0.5, 0.6) is 0 Å². The molecule has 1 aromatic heterocycles. The molecule has 0 amide bonds. The molecule has 0 bridgehead atoms. The number of nitrogens with zero attached hydrogens (tertiary/aromatic N) is 2. The predicted molar refractivity (Wildman–Crippen MR) is 77.0 cm³/mol. The van der Waals surface area contributed by atoms with E-state index in [2.05, 4.69) is 36.6 Å². The molecule has 18 heavy (non-hydrogen) atoms. The molecule has 0 spiro atoms. The Hall–Kier alpha value is -1.37. The number of halogens is 2. The van der Waals surface area contributed by atoms with Crippen LogP contribution < -0.4 is 16.6 Å². The van der Waals surface area contributed by atoms with E-state index in [4.69, 9.17) is 17.4 Å². The summed E-state index contributed by atoms with van der Waals surface area (Å²) < 4.78 is 1.02. The first-order valence-electron chi connectivity index (χ1n) is 5.12. The first kappa shape index (κ1) is 13.1. The third-order valence-electron chi connectivity index (χ3n) is 2.31. The summed E-state index contributed by atoms with van der Waals surface area (Å²) in [6.45, 7) is 1.99. The number of aryl methyl sites for hydroxylation is 1. The highest BCUT2D eigenvalue weighted by atomic mass is 79.9. The molecular weight excluding hydrogens is 318 g/mol. The van der Waals surface area contributed by atoms with E-state index in [1.807, 2.05) is 25.1 Å². The van der Waals surface area contributed by atoms with Crippen LogP contribution in [0.2, 0.25) is 5.02 Å². The Balaban J connectivity index is 2.33. The molecule has 0 unspecified atom stereocenters. The van der Waals surface area contributed by atoms with Crippen LogP contribution in [0.4, 0.5) is 17.5 Å². The van der Waals surface area contributed by atoms with Crippen LogP contribution in [-0.2, 0) is 0 Å². The molecule has 2 aromatic rings. The molecule has 0 aliphatic carbocycles. The SMILES string of the molecule is Cc1cc(Br)ccc1Nc1nc(NN)ncc1Cl. The van der Waals surface area contributed by atoms with Crippen LogP contribution in [0.3, 0.4) is 0 Å². The first-order chi connectivity index (χ1) is 8.60. The van der Waals surface area contributed by atoms with Gasteiger partial charge < -0.3 is 5.32 Å². The monoisotopic (exact) mass is 327 g/mol. The van der Waals surface area contributed by atoms with Crippen molar-refractivity contribution < 1.29 is 0 Å². The molecule has 7 heteroatoms. The quantitative estimate of drug-likeness (QED) is 0.596. The summed E-state index contributed by atoms with van der Waals surface area (Å²) in [7, 11) is 0. The zero-order valence-electron chi connectivity index (χ0n) is 9.54. The van der Waals surface area contributed by atoms with Gasteiger partial charge in [0.1, 0.15) is 5.02 Å². The fourth-order valence-corrected chi connectivity index (χ4v) is 2.03. The highest BCUT2D eigenvalue weighted by molar-refractivity contribution is 9.10. The predicted octanol–water partition coefficient (Wildman–Crippen LogP) is 3.23. The molecule has 4 N–H and O–H groups in total. The molecule has 1 heterocycles. The molecule has 0 radical (unpaired) electrons. The minimum absolute atomic E-state index is 0.302. The minimum Gasteiger partial charge on any atom is -0.339 e. The number of nitrogens with two attached hydrogens (primary N) is 1. The lowest BCUT2D eigenvalue weighted by Gasteiger charge is -2.11. The highest BCUT2D eigenvalue weighted by Crippen LogP contribution is 2.27. The lowest BCUT2D eigenvalue weighted by molar-refractivity contribution is 1.12. The summed E-state index contributed by atoms with van der Waals surface area (Å²) in [6.07, 6.45) is 1.49. The highest BCUT2D eigenvalue weighted by Gasteiger charge is 2.07. The van der Waals surface area contributed by atoms with E-state index < -0.39 is 0 Å². The van der Waals surface area contributed by atoms with Gasteiger partial charge in [-0.2, -0.15) is 4.98 Å². The number of nitrogen functional groups attached to an aromatic ring is 1. The third kappa shape index (κ3) is 2.90. The standard InChI is InChI=1S/C11H11BrClN5/c1-6-4-7(12)2-3-9(6)16-10-8(13)5-15-11(17-10)18-14/h2-5H,14H2,1H3,(H2,15,16,17,18). The normalized spacial score (nSPS) is 10.2. The number of hydrogen-bond donors (Lipinski definition) is 3. The molecule has 1 aromatic carbocycles. The Bertz CT molecular complexity index is 575. The van der Waals surface area contributed by atoms with Gasteiger partial charge in [0.2, 0.25) is 5.95 Å². The summed E-state index contributed by atoms with van der Waals surface area (Å²) in [5, 5.41) is 3.57. The van der Waals surface area contributed by atoms with Gasteiger partial charge in [-0.05, 0) is 30.7 Å². The molecule has 2 rings (SSSR count). The fraction of sp³-hybridized carbons (Fsp3) is 0.0909. The summed E-state index contributed by atoms with van der Waals surface area (Å²) >= 11 is 9.43. The van der Waals surface area contributed by atoms with Crippen LogP contribution in [0.25, 0.3) is 0 Å². The van der Waals surface area contributed by atoms with Crippen molar-refractivity contribution in [3.05, 3.63) is 39.5 Å². The maximum atomic E-state index is 6.02. The van der Waals surface area contributed by atoms with Crippen molar-refractivity contribution in [3.63, 3.8) is 0 Å². The minimum atomic E-state index is 0.302. The van der Waals surface area contributed by atoms with Gasteiger partial charge in [-0.1, -0.05) is 27.5 Å². The number of aromatic nitrogens is 2. The smallest absolute Gasteiger partial charge is 0.239 e. The Kier molecular flexibility index (Phi) is 4.00. The molecule has 94 valence electrons. The average Bonchev–Trinajstić information content (AvgIpc) is 2.35. The van der Waals surface area contributed by atoms with Crippen molar-refractivity contribution in [2.45, 2.75) is 6.92 Å². The van der Waals surface area contributed by atoms with Crippen molar-refractivity contribution in [1.82, 2.24) is 9.97 Å². The summed E-state index contributed by atoms with van der Waals surface area (Å²) in [5.41, 5.74) is 4.36. The van der Waals surface area contributed by atoms with Crippen molar-refractivity contribution >= 4 is 45.0 Å². The molecule has 0 saturated heterocycles. The van der Waals surface area contributed by atoms with E-state index in [9.17, 15) is 0 Å². The Labute approximate surface area is 118 Å². The fourth-order valence-electron chi connectivity index (χ4n) is 1.42. The Morgan fingerprint density at radius 3 is 2.83 bits per heavy atom. The Morgan fingerprint density at radius 2 is 2.17 bits per heavy atom. The van der Waals surface area contributed by atoms with Gasteiger partial charge in [-0.15, -0.1) is 0 Å². The second-order valence-electron chi connectivity index (χ2n) is 3.62. The van der Waals surface area contributed by atoms with E-state index >= 15 is 0 Å². The zero-order chi connectivity index (χ0) is 13.1. The molecular formula is C11H11BrClN5. The lowest BCUT2D eigenvalue weighted by Crippen LogP contribution is -2.11. The van der Waals surface area contributed by atoms with E-state index in [0.29, 0.717) is 16.8 Å². The van der Waals surface area contributed by atoms with Gasteiger partial charge in [0.05, 0.1) is 6.20 Å². The Morgan fingerprint density at radius 1 is 1.39 bits per heavy atom. The van der Waals surface area contributed by atoms with Gasteiger partial charge in [0.25, 0.3) is 0 Å². The maximum absolute atomic E-state index is 6.02. The molecule has 0 atom stereocenters. The topological polar surface area (TPSA) is 75.9 Å². The van der Waals surface area contributed by atoms with E-state index in [1.54, 1.807) is 0 Å². The number of hydrazine groups is 1. The van der Waals surface area contributed by atoms with Crippen LogP contribution in [0.1, 0.15) is 5.56 Å². The zero-order valence-corrected chi connectivity index (χ0v) is 11.9. The third-order valence-corrected chi connectivity index (χ3v) is 3.08. The number of hydrogen-bond acceptors (Lipinski definition) is 5. The van der Waals surface area contributed by atoms with Crippen molar-refractivity contribution in [2.75, 3.05) is 10.7 Å². The molecule has 5 nitrogen and oxygen atoms in total. The molecule has 0 saturated carbocycles. The van der Waals surface area contributed by atoms with Gasteiger partial charge >= 0.3 is 0 Å². The second kappa shape index (κ2) is 5.51. The second-order valence-corrected chi connectivity index (χ2v) is 4.94. The molecule has 0 aliphatic rings. The first-order valence-corrected chi connectivity index (χ1v) is 6.29. The van der Waals surface area contributed by atoms with E-state index in [1.165, 1.54) is 6.20 Å². The van der Waals surface area contributed by atoms with Gasteiger partial charge in [-0.25, -0.2) is 10.8 Å². The van der Waals surface area contributed by atoms with Gasteiger partial charge in [0.15, 0.2) is 5.82 Å². The van der Waals surface area contributed by atoms with Crippen LogP contribution in [0.15, 0.2) is 28.9 Å². The maximum Gasteiger partial charge on any atom is 0.239 e. The van der Waals surface area contributed by atoms with Crippen molar-refractivity contribution in [1.29, 1.82) is 0 Å². The lowest BCUT2D eigenvalue weighted by atomic mass is 10.2. The van der Waals surface area contributed by atoms with Crippen molar-refractivity contribution in [2.24, 2.45) is 5.84 Å². The average molecular weight is 329 g/mol. The number of benzene rings is 1. The molecule has 0 fully saturated rings. The summed E-state index contributed by atoms with van der Waals surface area (Å²) in [6, 6.07) is 5.87. The number of nitrogens with one attached hydrogen (secondary N) is 2. The van der Waals surface area contributed by atoms with Crippen molar-refractivity contribution in [3.8, 4) is 0 Å². The van der Waals surface area contributed by atoms with Crippen LogP contribution >= 0.6 is 27.5 Å². The number of anilines is 3. The van der Waals surface area contributed by atoms with E-state index in [-0.39, 0.29) is 0 Å². The van der Waals surface area contributed by atoms with Crippen LogP contribution in [0, 0.1) is 6.92 Å². The summed E-state index contributed by atoms with van der Waals surface area (Å²) in [5.74, 6) is 6.07. The largest absolute Gasteiger partial charge is 0.339 e. The van der Waals surface area contributed by atoms with E-state index in [0.717, 1.165) is 15.7 Å². The van der Waals surface area contributed by atoms with Gasteiger partial charge in [0, 0.05) is 10.2 Å². The number of rotatable bonds is 3. The van der Waals surface area contributed by atoms with Crippen LogP contribution in [-0.4, -0.2) is 9.97 Å².